The molecule has 6 heteroatoms. The predicted molar refractivity (Wildman–Crippen MR) is 138 cm³/mol. The number of halogens is 1. The zero-order valence-corrected chi connectivity index (χ0v) is 20.0. The fraction of sp³-hybridized carbons (Fsp3) is 0.375. The molecular weight excluding hydrogens is 485 g/mol. The lowest BCUT2D eigenvalue weighted by molar-refractivity contribution is 0.461. The van der Waals surface area contributed by atoms with Gasteiger partial charge in [0.2, 0.25) is 0 Å². The van der Waals surface area contributed by atoms with Gasteiger partial charge in [-0.2, -0.15) is 0 Å². The quantitative estimate of drug-likeness (QED) is 0.272. The number of nitrogens with one attached hydrogen (secondary N) is 2. The zero-order valence-electron chi connectivity index (χ0n) is 17.6. The third kappa shape index (κ3) is 5.90. The molecule has 5 nitrogen and oxygen atoms in total. The molecule has 0 saturated carbocycles. The lowest BCUT2D eigenvalue weighted by Crippen LogP contribution is -2.48. The van der Waals surface area contributed by atoms with E-state index in [-0.39, 0.29) is 24.0 Å². The van der Waals surface area contributed by atoms with Gasteiger partial charge in [-0.15, -0.1) is 24.0 Å². The van der Waals surface area contributed by atoms with Crippen LogP contribution in [0.1, 0.15) is 18.4 Å². The normalized spacial score (nSPS) is 17.0. The molecule has 2 aromatic carbocycles. The van der Waals surface area contributed by atoms with Crippen LogP contribution in [0.3, 0.4) is 0 Å². The van der Waals surface area contributed by atoms with Gasteiger partial charge in [-0.25, -0.2) is 0 Å². The molecule has 0 amide bonds. The van der Waals surface area contributed by atoms with Crippen LogP contribution < -0.4 is 20.4 Å². The number of nitrogens with zero attached hydrogens (tertiary/aromatic N) is 3. The highest BCUT2D eigenvalue weighted by atomic mass is 127. The van der Waals surface area contributed by atoms with E-state index in [2.05, 4.69) is 92.2 Å². The van der Waals surface area contributed by atoms with Crippen LogP contribution in [0.5, 0.6) is 0 Å². The van der Waals surface area contributed by atoms with E-state index < -0.39 is 0 Å². The minimum absolute atomic E-state index is 0. The highest BCUT2D eigenvalue weighted by Crippen LogP contribution is 2.20. The summed E-state index contributed by atoms with van der Waals surface area (Å²) in [5, 5.41) is 7.09. The second-order valence-corrected chi connectivity index (χ2v) is 7.71. The summed E-state index contributed by atoms with van der Waals surface area (Å²) in [5.41, 5.74) is 3.88. The van der Waals surface area contributed by atoms with Gasteiger partial charge in [-0.05, 0) is 42.7 Å². The lowest BCUT2D eigenvalue weighted by Gasteiger charge is -2.34. The number of rotatable bonds is 5. The van der Waals surface area contributed by atoms with Crippen LogP contribution in [0, 0.1) is 0 Å². The maximum atomic E-state index is 4.43. The lowest BCUT2D eigenvalue weighted by atomic mass is 10.0. The topological polar surface area (TPSA) is 42.9 Å². The molecule has 160 valence electrons. The minimum Gasteiger partial charge on any atom is -0.371 e. The van der Waals surface area contributed by atoms with Gasteiger partial charge in [-0.3, -0.25) is 4.99 Å². The van der Waals surface area contributed by atoms with Crippen molar-refractivity contribution in [1.82, 2.24) is 10.6 Å². The first-order valence-electron chi connectivity index (χ1n) is 10.6. The van der Waals surface area contributed by atoms with E-state index in [1.54, 1.807) is 0 Å². The van der Waals surface area contributed by atoms with Gasteiger partial charge in [0.1, 0.15) is 0 Å². The average Bonchev–Trinajstić information content (AvgIpc) is 3.33. The van der Waals surface area contributed by atoms with E-state index in [1.807, 2.05) is 7.05 Å². The number of piperidine rings is 1. The Morgan fingerprint density at radius 2 is 1.63 bits per heavy atom. The Morgan fingerprint density at radius 3 is 2.33 bits per heavy atom. The molecule has 30 heavy (non-hydrogen) atoms. The van der Waals surface area contributed by atoms with Gasteiger partial charge in [0.25, 0.3) is 0 Å². The fourth-order valence-corrected chi connectivity index (χ4v) is 4.05. The summed E-state index contributed by atoms with van der Waals surface area (Å²) in [5.74, 6) is 0.886. The van der Waals surface area contributed by atoms with Gasteiger partial charge in [-0.1, -0.05) is 42.5 Å². The van der Waals surface area contributed by atoms with Crippen molar-refractivity contribution in [2.24, 2.45) is 4.99 Å². The summed E-state index contributed by atoms with van der Waals surface area (Å²) in [7, 11) is 1.85. The molecule has 2 N–H and O–H groups in total. The number of aliphatic imine (C=N–C) groups is 1. The highest BCUT2D eigenvalue weighted by molar-refractivity contribution is 14.0. The number of anilines is 2. The van der Waals surface area contributed by atoms with Crippen LogP contribution in [0.4, 0.5) is 11.4 Å². The Kier molecular flexibility index (Phi) is 8.42. The van der Waals surface area contributed by atoms with Crippen LogP contribution in [0.25, 0.3) is 0 Å². The summed E-state index contributed by atoms with van der Waals surface area (Å²) >= 11 is 0. The number of hydrogen-bond donors (Lipinski definition) is 2. The second-order valence-electron chi connectivity index (χ2n) is 7.71. The Morgan fingerprint density at radius 1 is 0.933 bits per heavy atom. The molecule has 0 unspecified atom stereocenters. The summed E-state index contributed by atoms with van der Waals surface area (Å²) in [6.45, 7) is 4.93. The first kappa shape index (κ1) is 22.5. The van der Waals surface area contributed by atoms with Crippen molar-refractivity contribution in [2.75, 3.05) is 43.0 Å². The van der Waals surface area contributed by atoms with Crippen LogP contribution >= 0.6 is 24.0 Å². The molecule has 0 aromatic heterocycles. The van der Waals surface area contributed by atoms with Gasteiger partial charge < -0.3 is 20.4 Å². The molecule has 2 aliphatic rings. The Labute approximate surface area is 197 Å². The highest BCUT2D eigenvalue weighted by Gasteiger charge is 2.20. The van der Waals surface area contributed by atoms with Crippen molar-refractivity contribution >= 4 is 41.3 Å². The molecule has 0 bridgehead atoms. The summed E-state index contributed by atoms with van der Waals surface area (Å²) in [4.78, 5) is 9.27. The van der Waals surface area contributed by atoms with Gasteiger partial charge in [0.05, 0.1) is 0 Å². The van der Waals surface area contributed by atoms with Gasteiger partial charge in [0, 0.05) is 57.2 Å². The summed E-state index contributed by atoms with van der Waals surface area (Å²) in [6, 6.07) is 19.9. The van der Waals surface area contributed by atoms with Gasteiger partial charge in [0.15, 0.2) is 5.96 Å². The summed E-state index contributed by atoms with van der Waals surface area (Å²) < 4.78 is 0. The molecule has 1 saturated heterocycles. The maximum Gasteiger partial charge on any atom is 0.191 e. The monoisotopic (exact) mass is 517 g/mol. The minimum atomic E-state index is 0. The van der Waals surface area contributed by atoms with Crippen molar-refractivity contribution in [3.63, 3.8) is 0 Å². The molecule has 2 aliphatic heterocycles. The number of para-hydroxylation sites is 1. The Hall–Kier alpha value is -2.22. The van der Waals surface area contributed by atoms with Crippen LogP contribution in [-0.2, 0) is 6.54 Å². The van der Waals surface area contributed by atoms with E-state index in [9.17, 15) is 0 Å². The third-order valence-electron chi connectivity index (χ3n) is 5.73. The first-order chi connectivity index (χ1) is 14.3. The number of hydrogen-bond acceptors (Lipinski definition) is 3. The van der Waals surface area contributed by atoms with Crippen molar-refractivity contribution in [2.45, 2.75) is 25.4 Å². The first-order valence-corrected chi connectivity index (χ1v) is 10.6. The molecular formula is C24H32IN5. The smallest absolute Gasteiger partial charge is 0.191 e. The zero-order chi connectivity index (χ0) is 19.9. The molecule has 0 spiro atoms. The fourth-order valence-electron chi connectivity index (χ4n) is 4.05. The van der Waals surface area contributed by atoms with E-state index in [1.165, 1.54) is 16.9 Å². The third-order valence-corrected chi connectivity index (χ3v) is 5.73. The van der Waals surface area contributed by atoms with Gasteiger partial charge >= 0.3 is 0 Å². The summed E-state index contributed by atoms with van der Waals surface area (Å²) in [6.07, 6.45) is 6.68. The number of benzene rings is 2. The Balaban J connectivity index is 0.00000256. The van der Waals surface area contributed by atoms with E-state index in [0.29, 0.717) is 6.04 Å². The standard InChI is InChI=1S/C24H31N5.HI/c1-25-24(26-19-20-8-7-11-23(18-20)28-14-5-6-15-28)27-21-12-16-29(17-13-21)22-9-3-2-4-10-22;/h2-11,18,21H,12-17,19H2,1H3,(H2,25,26,27);1H. The van der Waals surface area contributed by atoms with Crippen molar-refractivity contribution < 1.29 is 0 Å². The predicted octanol–water partition coefficient (Wildman–Crippen LogP) is 4.01. The molecule has 0 aliphatic carbocycles. The molecule has 1 fully saturated rings. The molecule has 2 aromatic rings. The van der Waals surface area contributed by atoms with Crippen LogP contribution in [0.2, 0.25) is 0 Å². The van der Waals surface area contributed by atoms with Crippen molar-refractivity contribution in [1.29, 1.82) is 0 Å². The molecule has 0 atom stereocenters. The van der Waals surface area contributed by atoms with E-state index >= 15 is 0 Å². The molecule has 2 heterocycles. The SMILES string of the molecule is CN=C(NCc1cccc(N2CC=CC2)c1)NC1CCN(c2ccccc2)CC1.I. The van der Waals surface area contributed by atoms with Crippen molar-refractivity contribution in [3.05, 3.63) is 72.3 Å². The van der Waals surface area contributed by atoms with E-state index in [4.69, 9.17) is 0 Å². The Bertz CT molecular complexity index is 836. The van der Waals surface area contributed by atoms with Crippen LogP contribution in [-0.4, -0.2) is 45.2 Å². The van der Waals surface area contributed by atoms with Crippen molar-refractivity contribution in [3.8, 4) is 0 Å². The van der Waals surface area contributed by atoms with E-state index in [0.717, 1.165) is 51.5 Å². The average molecular weight is 517 g/mol. The maximum absolute atomic E-state index is 4.43. The second kappa shape index (κ2) is 11.2. The molecule has 4 rings (SSSR count). The van der Waals surface area contributed by atoms with Crippen LogP contribution in [0.15, 0.2) is 71.7 Å². The molecule has 0 radical (unpaired) electrons. The largest absolute Gasteiger partial charge is 0.371 e. The number of guanidine groups is 1.